The van der Waals surface area contributed by atoms with Gasteiger partial charge in [-0.05, 0) is 12.3 Å². The quantitative estimate of drug-likeness (QED) is 0.474. The van der Waals surface area contributed by atoms with Crippen molar-refractivity contribution in [1.82, 2.24) is 0 Å². The Kier molecular flexibility index (Phi) is 0.751. The van der Waals surface area contributed by atoms with E-state index in [9.17, 15) is 4.79 Å². The minimum Gasteiger partial charge on any atom is -0.299 e. The largest absolute Gasteiger partial charge is 0.299 e. The number of fused-ring (bicyclic) bond motifs is 1. The van der Waals surface area contributed by atoms with Crippen LogP contribution < -0.4 is 0 Å². The average Bonchev–Trinajstić information content (AvgIpc) is 2.22. The molecule has 0 saturated heterocycles. The second kappa shape index (κ2) is 1.36. The highest BCUT2D eigenvalue weighted by Crippen LogP contribution is 2.50. The summed E-state index contributed by atoms with van der Waals surface area (Å²) in [6.45, 7) is 0. The molecule has 3 saturated carbocycles. The van der Waals surface area contributed by atoms with E-state index in [1.54, 1.807) is 0 Å². The molecule has 3 fully saturated rings. The summed E-state index contributed by atoms with van der Waals surface area (Å²) in [5.74, 6) is 0.997. The third kappa shape index (κ3) is 0.426. The number of hydrogen-bond acceptors (Lipinski definition) is 2. The Morgan fingerprint density at radius 2 is 2.44 bits per heavy atom. The van der Waals surface area contributed by atoms with E-state index in [0.29, 0.717) is 18.1 Å². The highest BCUT2D eigenvalue weighted by atomic mass is 16.1. The molecule has 0 heterocycles. The Balaban J connectivity index is 2.24. The zero-order chi connectivity index (χ0) is 6.43. The molecule has 0 spiro atoms. The van der Waals surface area contributed by atoms with Gasteiger partial charge in [-0.3, -0.25) is 4.79 Å². The monoisotopic (exact) mass is 121 g/mol. The Morgan fingerprint density at radius 1 is 1.67 bits per heavy atom. The second-order valence-corrected chi connectivity index (χ2v) is 2.93. The lowest BCUT2D eigenvalue weighted by Gasteiger charge is -2.27. The number of ketones is 1. The van der Waals surface area contributed by atoms with E-state index in [1.165, 1.54) is 0 Å². The summed E-state index contributed by atoms with van der Waals surface area (Å²) < 4.78 is 0. The summed E-state index contributed by atoms with van der Waals surface area (Å²) in [5.41, 5.74) is 0. The molecular weight excluding hydrogens is 114 g/mol. The molecule has 0 N–H and O–H groups in total. The fourth-order valence-corrected chi connectivity index (χ4v) is 1.90. The van der Waals surface area contributed by atoms with Crippen molar-refractivity contribution < 1.29 is 4.79 Å². The molecule has 0 aromatic carbocycles. The highest BCUT2D eigenvalue weighted by Gasteiger charge is 2.52. The van der Waals surface area contributed by atoms with Crippen LogP contribution in [0.15, 0.2) is 0 Å². The van der Waals surface area contributed by atoms with E-state index in [4.69, 9.17) is 5.26 Å². The molecule has 3 aliphatic rings. The van der Waals surface area contributed by atoms with E-state index in [-0.39, 0.29) is 11.8 Å². The molecule has 3 atom stereocenters. The molecule has 0 radical (unpaired) electrons. The van der Waals surface area contributed by atoms with E-state index >= 15 is 0 Å². The van der Waals surface area contributed by atoms with Crippen LogP contribution in [0.4, 0.5) is 0 Å². The lowest BCUT2D eigenvalue weighted by atomic mass is 9.73. The minimum absolute atomic E-state index is 0.0949. The maximum atomic E-state index is 10.8. The van der Waals surface area contributed by atoms with Crippen molar-refractivity contribution in [2.24, 2.45) is 17.8 Å². The van der Waals surface area contributed by atoms with Gasteiger partial charge in [-0.25, -0.2) is 0 Å². The van der Waals surface area contributed by atoms with Gasteiger partial charge < -0.3 is 0 Å². The first-order valence-corrected chi connectivity index (χ1v) is 3.25. The van der Waals surface area contributed by atoms with Gasteiger partial charge in [-0.15, -0.1) is 0 Å². The summed E-state index contributed by atoms with van der Waals surface area (Å²) in [6.07, 6.45) is 1.68. The van der Waals surface area contributed by atoms with Gasteiger partial charge in [0.15, 0.2) is 0 Å². The normalized spacial score (nSPS) is 46.1. The predicted octanol–water partition coefficient (Wildman–Crippen LogP) is 0.735. The van der Waals surface area contributed by atoms with Crippen molar-refractivity contribution >= 4 is 5.78 Å². The molecule has 0 amide bonds. The van der Waals surface area contributed by atoms with Crippen LogP contribution in [-0.4, -0.2) is 5.78 Å². The number of Topliss-reactive ketones (excluding diaryl/α,β-unsaturated/α-hetero) is 1. The van der Waals surface area contributed by atoms with Gasteiger partial charge in [0.2, 0.25) is 0 Å². The maximum Gasteiger partial charge on any atom is 0.137 e. The number of rotatable bonds is 0. The summed E-state index contributed by atoms with van der Waals surface area (Å²) in [4.78, 5) is 10.8. The maximum absolute atomic E-state index is 10.8. The van der Waals surface area contributed by atoms with Gasteiger partial charge in [0.25, 0.3) is 0 Å². The number of nitriles is 1. The molecule has 2 bridgehead atoms. The third-order valence-corrected chi connectivity index (χ3v) is 2.52. The zero-order valence-electron chi connectivity index (χ0n) is 5.00. The first-order chi connectivity index (χ1) is 4.33. The minimum atomic E-state index is 0.0949. The van der Waals surface area contributed by atoms with Gasteiger partial charge in [0, 0.05) is 12.3 Å². The summed E-state index contributed by atoms with van der Waals surface area (Å²) in [7, 11) is 0. The van der Waals surface area contributed by atoms with Crippen LogP contribution in [0.25, 0.3) is 0 Å². The highest BCUT2D eigenvalue weighted by molar-refractivity contribution is 5.87. The molecule has 2 nitrogen and oxygen atoms in total. The van der Waals surface area contributed by atoms with E-state index in [1.807, 2.05) is 0 Å². The van der Waals surface area contributed by atoms with Gasteiger partial charge in [0.1, 0.15) is 5.78 Å². The molecule has 0 aromatic rings. The predicted molar refractivity (Wildman–Crippen MR) is 30.3 cm³/mol. The van der Waals surface area contributed by atoms with Crippen LogP contribution in [0.1, 0.15) is 12.8 Å². The third-order valence-electron chi connectivity index (χ3n) is 2.52. The first kappa shape index (κ1) is 4.99. The van der Waals surface area contributed by atoms with E-state index in [0.717, 1.165) is 6.42 Å². The van der Waals surface area contributed by atoms with Crippen molar-refractivity contribution in [1.29, 1.82) is 5.26 Å². The Labute approximate surface area is 53.5 Å². The number of carbonyl (C=O) groups is 1. The fourth-order valence-electron chi connectivity index (χ4n) is 1.90. The van der Waals surface area contributed by atoms with Gasteiger partial charge >= 0.3 is 0 Å². The molecule has 46 valence electrons. The van der Waals surface area contributed by atoms with Crippen molar-refractivity contribution in [3.8, 4) is 6.07 Å². The topological polar surface area (TPSA) is 40.9 Å². The SMILES string of the molecule is N#CC1C2CC(=O)C1C2. The Morgan fingerprint density at radius 3 is 2.67 bits per heavy atom. The summed E-state index contributed by atoms with van der Waals surface area (Å²) in [6, 6.07) is 2.17. The average molecular weight is 121 g/mol. The van der Waals surface area contributed by atoms with Crippen LogP contribution >= 0.6 is 0 Å². The second-order valence-electron chi connectivity index (χ2n) is 2.93. The van der Waals surface area contributed by atoms with Gasteiger partial charge in [0.05, 0.1) is 12.0 Å². The first-order valence-electron chi connectivity index (χ1n) is 3.25. The standard InChI is InChI=1S/C7H7NO/c8-3-6-4-1-5(6)7(9)2-4/h4-6H,1-2H2. The van der Waals surface area contributed by atoms with Crippen LogP contribution in [0, 0.1) is 29.1 Å². The molecule has 2 heteroatoms. The van der Waals surface area contributed by atoms with Gasteiger partial charge in [-0.2, -0.15) is 5.26 Å². The summed E-state index contributed by atoms with van der Waals surface area (Å²) in [5, 5.41) is 8.48. The fraction of sp³-hybridized carbons (Fsp3) is 0.714. The van der Waals surface area contributed by atoms with Crippen molar-refractivity contribution in [3.63, 3.8) is 0 Å². The molecular formula is C7H7NO. The Bertz CT molecular complexity index is 203. The van der Waals surface area contributed by atoms with Crippen molar-refractivity contribution in [2.45, 2.75) is 12.8 Å². The smallest absolute Gasteiger partial charge is 0.137 e. The van der Waals surface area contributed by atoms with Crippen LogP contribution in [0.3, 0.4) is 0 Å². The molecule has 3 rings (SSSR count). The lowest BCUT2D eigenvalue weighted by Crippen LogP contribution is -2.27. The van der Waals surface area contributed by atoms with Crippen molar-refractivity contribution in [3.05, 3.63) is 0 Å². The van der Waals surface area contributed by atoms with E-state index < -0.39 is 0 Å². The van der Waals surface area contributed by atoms with Gasteiger partial charge in [-0.1, -0.05) is 0 Å². The Hall–Kier alpha value is -0.840. The molecule has 3 unspecified atom stereocenters. The number of carbonyl (C=O) groups excluding carboxylic acids is 1. The molecule has 0 aromatic heterocycles. The lowest BCUT2D eigenvalue weighted by molar-refractivity contribution is -0.120. The van der Waals surface area contributed by atoms with E-state index in [2.05, 4.69) is 6.07 Å². The zero-order valence-corrected chi connectivity index (χ0v) is 5.00. The van der Waals surface area contributed by atoms with Crippen LogP contribution in [0.5, 0.6) is 0 Å². The summed E-state index contributed by atoms with van der Waals surface area (Å²) >= 11 is 0. The molecule has 9 heavy (non-hydrogen) atoms. The van der Waals surface area contributed by atoms with Crippen molar-refractivity contribution in [2.75, 3.05) is 0 Å². The van der Waals surface area contributed by atoms with Crippen LogP contribution in [0.2, 0.25) is 0 Å². The molecule has 3 aliphatic carbocycles. The number of hydrogen-bond donors (Lipinski definition) is 0. The van der Waals surface area contributed by atoms with Crippen LogP contribution in [-0.2, 0) is 4.79 Å². The number of nitrogens with zero attached hydrogens (tertiary/aromatic N) is 1. The molecule has 0 aliphatic heterocycles.